The summed E-state index contributed by atoms with van der Waals surface area (Å²) in [6.45, 7) is 0. The van der Waals surface area contributed by atoms with Gasteiger partial charge in [-0.2, -0.15) is 0 Å². The Balaban J connectivity index is 1.16. The number of hydrogen-bond donors (Lipinski definition) is 0. The van der Waals surface area contributed by atoms with Gasteiger partial charge < -0.3 is 17.7 Å². The summed E-state index contributed by atoms with van der Waals surface area (Å²) in [5.41, 5.74) is 4.11. The number of benzene rings is 1. The van der Waals surface area contributed by atoms with Gasteiger partial charge in [-0.05, 0) is 30.3 Å². The quantitative estimate of drug-likeness (QED) is 0.252. The Kier molecular flexibility index (Phi) is 5.18. The summed E-state index contributed by atoms with van der Waals surface area (Å²) in [5.74, 6) is 3.11. The summed E-state index contributed by atoms with van der Waals surface area (Å²) in [6, 6.07) is 18.8. The predicted octanol–water partition coefficient (Wildman–Crippen LogP) is 6.43. The van der Waals surface area contributed by atoms with E-state index in [9.17, 15) is 0 Å². The molecule has 1 aromatic carbocycles. The van der Waals surface area contributed by atoms with Gasteiger partial charge in [0.1, 0.15) is 22.8 Å². The number of pyridine rings is 2. The Labute approximate surface area is 214 Å². The van der Waals surface area contributed by atoms with E-state index in [1.165, 1.54) is 12.8 Å². The van der Waals surface area contributed by atoms with Crippen LogP contribution in [0.1, 0.15) is 0 Å². The highest BCUT2D eigenvalue weighted by atomic mass is 16.4. The second kappa shape index (κ2) is 9.10. The summed E-state index contributed by atoms with van der Waals surface area (Å²) < 4.78 is 22.8. The molecule has 0 aliphatic carbocycles. The Hall–Kier alpha value is -5.64. The van der Waals surface area contributed by atoms with Crippen LogP contribution in [0.2, 0.25) is 0 Å². The fourth-order valence-corrected chi connectivity index (χ4v) is 3.94. The Bertz CT molecular complexity index is 1710. The van der Waals surface area contributed by atoms with Crippen molar-refractivity contribution < 1.29 is 17.7 Å². The molecule has 0 amide bonds. The minimum Gasteiger partial charge on any atom is -0.442 e. The molecule has 0 bridgehead atoms. The van der Waals surface area contributed by atoms with Crippen LogP contribution in [0.5, 0.6) is 0 Å². The van der Waals surface area contributed by atoms with Crippen molar-refractivity contribution in [3.63, 3.8) is 0 Å². The van der Waals surface area contributed by atoms with E-state index in [1.54, 1.807) is 24.8 Å². The first-order chi connectivity index (χ1) is 18.8. The zero-order valence-corrected chi connectivity index (χ0v) is 19.6. The second-order valence-corrected chi connectivity index (χ2v) is 8.19. The van der Waals surface area contributed by atoms with Crippen LogP contribution in [0.25, 0.3) is 68.7 Å². The fraction of sp³-hybridized carbons (Fsp3) is 0. The highest BCUT2D eigenvalue weighted by molar-refractivity contribution is 5.69. The van der Waals surface area contributed by atoms with E-state index in [0.717, 1.165) is 11.1 Å². The van der Waals surface area contributed by atoms with E-state index in [-0.39, 0.29) is 0 Å². The van der Waals surface area contributed by atoms with Crippen molar-refractivity contribution >= 4 is 0 Å². The minimum atomic E-state index is 0.395. The first-order valence-corrected chi connectivity index (χ1v) is 11.6. The number of hydrogen-bond acceptors (Lipinski definition) is 10. The molecule has 0 fully saturated rings. The molecule has 0 N–H and O–H groups in total. The zero-order valence-electron chi connectivity index (χ0n) is 19.6. The first kappa shape index (κ1) is 21.6. The molecule has 0 saturated carbocycles. The SMILES string of the molecule is c1cc(-c2cnc(-c3cccc(-c4cnco4)n3)o2)cc(-c2cnc(-c3cccc(-c4cnco4)n3)o2)c1. The molecule has 0 radical (unpaired) electrons. The highest BCUT2D eigenvalue weighted by Crippen LogP contribution is 2.31. The molecule has 0 aliphatic rings. The first-order valence-electron chi connectivity index (χ1n) is 11.6. The lowest BCUT2D eigenvalue weighted by Gasteiger charge is -2.01. The van der Waals surface area contributed by atoms with Gasteiger partial charge in [0, 0.05) is 11.1 Å². The molecule has 6 aromatic heterocycles. The van der Waals surface area contributed by atoms with Gasteiger partial charge in [-0.15, -0.1) is 0 Å². The van der Waals surface area contributed by atoms with E-state index in [2.05, 4.69) is 29.9 Å². The van der Waals surface area contributed by atoms with Gasteiger partial charge in [0.05, 0.1) is 24.8 Å². The third-order valence-electron chi connectivity index (χ3n) is 5.75. The van der Waals surface area contributed by atoms with Crippen molar-refractivity contribution in [3.8, 4) is 68.7 Å². The summed E-state index contributed by atoms with van der Waals surface area (Å²) >= 11 is 0. The summed E-state index contributed by atoms with van der Waals surface area (Å²) in [4.78, 5) is 25.9. The normalized spacial score (nSPS) is 11.2. The van der Waals surface area contributed by atoms with Crippen LogP contribution >= 0.6 is 0 Å². The van der Waals surface area contributed by atoms with Crippen LogP contribution in [0.4, 0.5) is 0 Å². The predicted molar refractivity (Wildman–Crippen MR) is 135 cm³/mol. The van der Waals surface area contributed by atoms with Crippen LogP contribution in [0.15, 0.2) is 116 Å². The molecule has 0 saturated heterocycles. The third kappa shape index (κ3) is 4.05. The van der Waals surface area contributed by atoms with Crippen LogP contribution in [0, 0.1) is 0 Å². The zero-order chi connectivity index (χ0) is 25.3. The maximum absolute atomic E-state index is 6.05. The molecule has 0 aliphatic heterocycles. The molecule has 182 valence electrons. The van der Waals surface area contributed by atoms with E-state index in [1.807, 2.05) is 60.7 Å². The molecule has 0 unspecified atom stereocenters. The van der Waals surface area contributed by atoms with Crippen LogP contribution < -0.4 is 0 Å². The Morgan fingerprint density at radius 3 is 1.42 bits per heavy atom. The lowest BCUT2D eigenvalue weighted by molar-refractivity contribution is 0.568. The minimum absolute atomic E-state index is 0.395. The third-order valence-corrected chi connectivity index (χ3v) is 5.75. The van der Waals surface area contributed by atoms with Crippen LogP contribution in [0.3, 0.4) is 0 Å². The maximum Gasteiger partial charge on any atom is 0.245 e. The molecule has 0 spiro atoms. The van der Waals surface area contributed by atoms with E-state index in [0.29, 0.717) is 57.6 Å². The fourth-order valence-electron chi connectivity index (χ4n) is 3.94. The Morgan fingerprint density at radius 1 is 0.474 bits per heavy atom. The van der Waals surface area contributed by atoms with Crippen molar-refractivity contribution in [2.75, 3.05) is 0 Å². The van der Waals surface area contributed by atoms with Gasteiger partial charge in [-0.25, -0.2) is 29.9 Å². The van der Waals surface area contributed by atoms with Crippen LogP contribution in [-0.4, -0.2) is 29.9 Å². The average molecular weight is 500 g/mol. The van der Waals surface area contributed by atoms with Crippen molar-refractivity contribution in [1.29, 1.82) is 0 Å². The largest absolute Gasteiger partial charge is 0.442 e. The van der Waals surface area contributed by atoms with E-state index >= 15 is 0 Å². The molecule has 38 heavy (non-hydrogen) atoms. The van der Waals surface area contributed by atoms with Gasteiger partial charge in [-0.3, -0.25) is 0 Å². The standard InChI is InChI=1S/C28H16N6O4/c1-4-17(23-13-31-27(37-23)21-8-2-6-19(33-21)25-11-29-15-35-25)10-18(5-1)24-14-32-28(38-24)22-9-3-7-20(34-22)26-12-30-16-36-26/h1-16H. The van der Waals surface area contributed by atoms with Gasteiger partial charge in [0.15, 0.2) is 35.8 Å². The van der Waals surface area contributed by atoms with Crippen LogP contribution in [-0.2, 0) is 0 Å². The molecular formula is C28H16N6O4. The molecule has 7 aromatic rings. The lowest BCUT2D eigenvalue weighted by Crippen LogP contribution is -1.86. The van der Waals surface area contributed by atoms with Gasteiger partial charge >= 0.3 is 0 Å². The molecular weight excluding hydrogens is 484 g/mol. The molecule has 0 atom stereocenters. The van der Waals surface area contributed by atoms with Crippen molar-refractivity contribution in [1.82, 2.24) is 29.9 Å². The number of rotatable bonds is 6. The average Bonchev–Trinajstić information content (AvgIpc) is 3.80. The van der Waals surface area contributed by atoms with Crippen molar-refractivity contribution in [2.24, 2.45) is 0 Å². The summed E-state index contributed by atoms with van der Waals surface area (Å²) in [7, 11) is 0. The molecule has 7 rings (SSSR count). The number of aromatic nitrogens is 6. The van der Waals surface area contributed by atoms with Crippen molar-refractivity contribution in [3.05, 3.63) is 98.2 Å². The smallest absolute Gasteiger partial charge is 0.245 e. The second-order valence-electron chi connectivity index (χ2n) is 8.19. The Morgan fingerprint density at radius 2 is 0.947 bits per heavy atom. The number of oxazole rings is 4. The summed E-state index contributed by atoms with van der Waals surface area (Å²) in [5, 5.41) is 0. The van der Waals surface area contributed by atoms with Gasteiger partial charge in [-0.1, -0.05) is 30.3 Å². The van der Waals surface area contributed by atoms with Crippen molar-refractivity contribution in [2.45, 2.75) is 0 Å². The van der Waals surface area contributed by atoms with Gasteiger partial charge in [0.2, 0.25) is 11.8 Å². The highest BCUT2D eigenvalue weighted by Gasteiger charge is 2.15. The number of nitrogens with zero attached hydrogens (tertiary/aromatic N) is 6. The monoisotopic (exact) mass is 500 g/mol. The summed E-state index contributed by atoms with van der Waals surface area (Å²) in [6.07, 6.45) is 9.28. The van der Waals surface area contributed by atoms with E-state index in [4.69, 9.17) is 17.7 Å². The van der Waals surface area contributed by atoms with Gasteiger partial charge in [0.25, 0.3) is 0 Å². The maximum atomic E-state index is 6.05. The lowest BCUT2D eigenvalue weighted by atomic mass is 10.1. The molecule has 10 heteroatoms. The van der Waals surface area contributed by atoms with E-state index < -0.39 is 0 Å². The molecule has 10 nitrogen and oxygen atoms in total. The topological polar surface area (TPSA) is 130 Å². The molecule has 6 heterocycles.